The van der Waals surface area contributed by atoms with Gasteiger partial charge in [-0.1, -0.05) is 94.4 Å². The zero-order valence-corrected chi connectivity index (χ0v) is 26.3. The minimum absolute atomic E-state index is 0.00106. The monoisotopic (exact) mass is 692 g/mol. The fourth-order valence-electron chi connectivity index (χ4n) is 3.49. The maximum Gasteiger partial charge on any atom is 0.267 e. The number of hydrogen-bond donors (Lipinski definition) is 2. The van der Waals surface area contributed by atoms with Gasteiger partial charge >= 0.3 is 0 Å². The molecule has 0 saturated carbocycles. The van der Waals surface area contributed by atoms with Crippen molar-refractivity contribution in [2.24, 2.45) is 0 Å². The molecule has 0 aromatic heterocycles. The lowest BCUT2D eigenvalue weighted by molar-refractivity contribution is -0.125. The van der Waals surface area contributed by atoms with E-state index in [1.807, 2.05) is 0 Å². The summed E-state index contributed by atoms with van der Waals surface area (Å²) in [6.07, 6.45) is -0.126. The van der Waals surface area contributed by atoms with Gasteiger partial charge in [-0.25, -0.2) is 0 Å². The number of halogens is 4. The molecule has 0 spiro atoms. The van der Waals surface area contributed by atoms with E-state index in [1.165, 1.54) is 21.9 Å². The van der Waals surface area contributed by atoms with Crippen LogP contribution >= 0.6 is 94.4 Å². The molecular weight excluding hydrogens is 678 g/mol. The van der Waals surface area contributed by atoms with Crippen LogP contribution in [0.5, 0.6) is 0 Å². The van der Waals surface area contributed by atoms with Crippen LogP contribution in [0.15, 0.2) is 46.2 Å². The fourth-order valence-corrected chi connectivity index (χ4v) is 7.17. The molecule has 2 heterocycles. The summed E-state index contributed by atoms with van der Waals surface area (Å²) in [4.78, 5) is 53.9. The molecule has 2 N–H and O–H groups in total. The molecule has 2 aromatic rings. The molecule has 208 valence electrons. The number of thiocarbonyl (C=S) groups is 2. The minimum Gasteiger partial charge on any atom is -0.325 e. The Morgan fingerprint density at radius 3 is 1.43 bits per heavy atom. The van der Waals surface area contributed by atoms with Crippen LogP contribution in [-0.2, 0) is 19.2 Å². The number of thioether (sulfide) groups is 2. The highest BCUT2D eigenvalue weighted by Crippen LogP contribution is 2.42. The number of nitrogens with one attached hydrogen (secondary N) is 2. The Bertz CT molecular complexity index is 1390. The third kappa shape index (κ3) is 7.29. The quantitative estimate of drug-likeness (QED) is 0.236. The largest absolute Gasteiger partial charge is 0.325 e. The number of carbonyl (C=O) groups is 4. The maximum atomic E-state index is 13.1. The molecule has 0 radical (unpaired) electrons. The summed E-state index contributed by atoms with van der Waals surface area (Å²) in [6.45, 7) is -0.00211. The molecule has 2 aliphatic heterocycles. The van der Waals surface area contributed by atoms with Crippen LogP contribution < -0.4 is 10.6 Å². The summed E-state index contributed by atoms with van der Waals surface area (Å²) in [5, 5.41) is 6.74. The second kappa shape index (κ2) is 13.4. The van der Waals surface area contributed by atoms with Crippen molar-refractivity contribution in [1.82, 2.24) is 9.80 Å². The van der Waals surface area contributed by atoms with E-state index in [4.69, 9.17) is 70.8 Å². The summed E-state index contributed by atoms with van der Waals surface area (Å²) in [7, 11) is 0. The topological polar surface area (TPSA) is 98.8 Å². The van der Waals surface area contributed by atoms with E-state index in [0.29, 0.717) is 21.4 Å². The molecular formula is C24H16Cl4N4O4S4. The first-order valence-corrected chi connectivity index (χ1v) is 15.2. The lowest BCUT2D eigenvalue weighted by Crippen LogP contribution is -2.33. The molecule has 8 nitrogen and oxygen atoms in total. The average Bonchev–Trinajstić information content (AvgIpc) is 3.33. The van der Waals surface area contributed by atoms with Crippen LogP contribution in [0.3, 0.4) is 0 Å². The second-order valence-electron chi connectivity index (χ2n) is 8.15. The Morgan fingerprint density at radius 2 is 1.07 bits per heavy atom. The van der Waals surface area contributed by atoms with Crippen LogP contribution in [0.25, 0.3) is 0 Å². The maximum absolute atomic E-state index is 13.1. The van der Waals surface area contributed by atoms with Gasteiger partial charge in [0.1, 0.15) is 8.64 Å². The standard InChI is InChI=1S/C24H16Cl4N4O4S4/c25-11-1-3-15(13(27)9-11)29-17(33)5-7-31-21(35)19(39-23(31)37)20-22(36)32(24(38)40-20)8-6-18(34)30-16-4-2-12(26)10-14(16)28/h1-4,9-10H,5-8H2,(H,29,33)(H,30,34)/b20-19+. The SMILES string of the molecule is O=C(CCN1C(=O)/C(=C2\SC(=S)N(CCC(=O)Nc3ccc(Cl)cc3Cl)C2=O)SC1=S)Nc1ccc(Cl)cc1Cl. The van der Waals surface area contributed by atoms with Crippen LogP contribution in [0.2, 0.25) is 20.1 Å². The molecule has 16 heteroatoms. The number of nitrogens with zero attached hydrogens (tertiary/aromatic N) is 2. The number of carbonyl (C=O) groups excluding carboxylic acids is 4. The molecule has 0 unspecified atom stereocenters. The Hall–Kier alpha value is -1.90. The van der Waals surface area contributed by atoms with Gasteiger partial charge in [0.2, 0.25) is 11.8 Å². The molecule has 0 bridgehead atoms. The molecule has 0 atom stereocenters. The van der Waals surface area contributed by atoms with E-state index in [9.17, 15) is 19.2 Å². The van der Waals surface area contributed by atoms with Gasteiger partial charge in [0.15, 0.2) is 0 Å². The summed E-state index contributed by atoms with van der Waals surface area (Å²) in [5.41, 5.74) is 0.769. The molecule has 4 amide bonds. The molecule has 2 fully saturated rings. The summed E-state index contributed by atoms with van der Waals surface area (Å²) < 4.78 is 0.420. The Balaban J connectivity index is 1.35. The number of rotatable bonds is 8. The number of amides is 4. The Morgan fingerprint density at radius 1 is 0.700 bits per heavy atom. The van der Waals surface area contributed by atoms with Gasteiger partial charge in [0.25, 0.3) is 11.8 Å². The zero-order valence-electron chi connectivity index (χ0n) is 20.0. The van der Waals surface area contributed by atoms with E-state index >= 15 is 0 Å². The van der Waals surface area contributed by atoms with E-state index in [2.05, 4.69) is 10.6 Å². The van der Waals surface area contributed by atoms with Gasteiger partial charge in [-0.15, -0.1) is 0 Å². The Kier molecular flexibility index (Phi) is 10.4. The summed E-state index contributed by atoms with van der Waals surface area (Å²) >= 11 is 36.5. The highest BCUT2D eigenvalue weighted by Gasteiger charge is 2.42. The van der Waals surface area contributed by atoms with E-state index in [-0.39, 0.29) is 66.2 Å². The molecule has 40 heavy (non-hydrogen) atoms. The van der Waals surface area contributed by atoms with Crippen molar-refractivity contribution in [1.29, 1.82) is 0 Å². The molecule has 2 aromatic carbocycles. The predicted molar refractivity (Wildman–Crippen MR) is 170 cm³/mol. The smallest absolute Gasteiger partial charge is 0.267 e. The normalized spacial score (nSPS) is 17.2. The number of benzene rings is 2. The summed E-state index contributed by atoms with van der Waals surface area (Å²) in [6, 6.07) is 9.31. The van der Waals surface area contributed by atoms with Crippen LogP contribution in [0.1, 0.15) is 12.8 Å². The lowest BCUT2D eigenvalue weighted by atomic mass is 10.3. The van der Waals surface area contributed by atoms with Crippen molar-refractivity contribution in [2.75, 3.05) is 23.7 Å². The van der Waals surface area contributed by atoms with Gasteiger partial charge in [-0.05, 0) is 36.4 Å². The van der Waals surface area contributed by atoms with Crippen molar-refractivity contribution in [3.8, 4) is 0 Å². The van der Waals surface area contributed by atoms with Gasteiger partial charge in [0, 0.05) is 36.0 Å². The summed E-state index contributed by atoms with van der Waals surface area (Å²) in [5.74, 6) is -1.77. The lowest BCUT2D eigenvalue weighted by Gasteiger charge is -2.15. The molecule has 2 saturated heterocycles. The highest BCUT2D eigenvalue weighted by atomic mass is 35.5. The first-order valence-electron chi connectivity index (χ1n) is 11.3. The van der Waals surface area contributed by atoms with Gasteiger partial charge in [-0.2, -0.15) is 0 Å². The van der Waals surface area contributed by atoms with Crippen molar-refractivity contribution in [3.05, 3.63) is 66.3 Å². The molecule has 2 aliphatic rings. The molecule has 4 rings (SSSR count). The van der Waals surface area contributed by atoms with E-state index in [1.54, 1.807) is 24.3 Å². The van der Waals surface area contributed by atoms with Crippen molar-refractivity contribution < 1.29 is 19.2 Å². The van der Waals surface area contributed by atoms with Gasteiger partial charge < -0.3 is 10.6 Å². The van der Waals surface area contributed by atoms with Crippen LogP contribution in [0, 0.1) is 0 Å². The van der Waals surface area contributed by atoms with Gasteiger partial charge in [0.05, 0.1) is 31.2 Å². The van der Waals surface area contributed by atoms with Crippen molar-refractivity contribution in [2.45, 2.75) is 12.8 Å². The minimum atomic E-state index is -0.497. The van der Waals surface area contributed by atoms with E-state index < -0.39 is 11.8 Å². The van der Waals surface area contributed by atoms with E-state index in [0.717, 1.165) is 23.5 Å². The number of hydrogen-bond acceptors (Lipinski definition) is 8. The fraction of sp³-hybridized carbons (Fsp3) is 0.167. The first kappa shape index (κ1) is 31.0. The zero-order chi connectivity index (χ0) is 29.1. The van der Waals surface area contributed by atoms with Gasteiger partial charge in [-0.3, -0.25) is 29.0 Å². The predicted octanol–water partition coefficient (Wildman–Crippen LogP) is 6.59. The average molecular weight is 694 g/mol. The van der Waals surface area contributed by atoms with Crippen molar-refractivity contribution in [3.63, 3.8) is 0 Å². The second-order valence-corrected chi connectivity index (χ2v) is 13.1. The third-order valence-corrected chi connectivity index (χ3v) is 9.56. The third-order valence-electron chi connectivity index (χ3n) is 5.44. The van der Waals surface area contributed by atoms with Crippen LogP contribution in [-0.4, -0.2) is 55.2 Å². The van der Waals surface area contributed by atoms with Crippen molar-refractivity contribution >= 4 is 138 Å². The molecule has 0 aliphatic carbocycles. The van der Waals surface area contributed by atoms with Crippen LogP contribution in [0.4, 0.5) is 11.4 Å². The first-order chi connectivity index (χ1) is 18.9. The Labute approximate surface area is 268 Å². The highest BCUT2D eigenvalue weighted by molar-refractivity contribution is 8.29. The number of anilines is 2.